The van der Waals surface area contributed by atoms with E-state index in [1.54, 1.807) is 7.11 Å². The minimum absolute atomic E-state index is 0.216. The minimum Gasteiger partial charge on any atom is -0.497 e. The van der Waals surface area contributed by atoms with Gasteiger partial charge in [-0.15, -0.1) is 12.3 Å². The molecule has 0 saturated carbocycles. The van der Waals surface area contributed by atoms with E-state index < -0.39 is 0 Å². The summed E-state index contributed by atoms with van der Waals surface area (Å²) in [6, 6.07) is 8.19. The maximum atomic E-state index is 5.04. The Morgan fingerprint density at radius 3 is 2.45 bits per heavy atom. The molecule has 0 N–H and O–H groups in total. The van der Waals surface area contributed by atoms with Gasteiger partial charge in [-0.05, 0) is 12.1 Å². The van der Waals surface area contributed by atoms with Crippen molar-refractivity contribution in [2.45, 2.75) is 0 Å². The Balaban J connectivity index is 2.74. The summed E-state index contributed by atoms with van der Waals surface area (Å²) in [7, 11) is 1.46. The van der Waals surface area contributed by atoms with Crippen molar-refractivity contribution < 1.29 is 4.74 Å². The molecule has 0 unspecified atom stereocenters. The fourth-order valence-corrected chi connectivity index (χ4v) is 1.77. The number of rotatable bonds is 3. The van der Waals surface area contributed by atoms with Gasteiger partial charge in [0.2, 0.25) is 0 Å². The van der Waals surface area contributed by atoms with Crippen molar-refractivity contribution in [3.05, 3.63) is 36.5 Å². The van der Waals surface area contributed by atoms with Crippen LogP contribution in [0, 0.1) is 0 Å². The smallest absolute Gasteiger partial charge is 0.118 e. The molecule has 0 aliphatic heterocycles. The minimum atomic E-state index is -0.216. The molecule has 0 amide bonds. The lowest BCUT2D eigenvalue weighted by molar-refractivity contribution is 0.415. The van der Waals surface area contributed by atoms with Crippen LogP contribution in [0.4, 0.5) is 0 Å². The standard InChI is InChI=1S/C9H12OSi/c1-3-11-9-6-4-8(10-2)5-7-9/h3-7H,1,11H2,2H3. The predicted molar refractivity (Wildman–Crippen MR) is 51.4 cm³/mol. The van der Waals surface area contributed by atoms with Crippen LogP contribution in [0.5, 0.6) is 5.75 Å². The summed E-state index contributed by atoms with van der Waals surface area (Å²) >= 11 is 0. The van der Waals surface area contributed by atoms with E-state index in [0.29, 0.717) is 0 Å². The Hall–Kier alpha value is -1.02. The summed E-state index contributed by atoms with van der Waals surface area (Å²) in [5, 5.41) is 1.40. The zero-order chi connectivity index (χ0) is 8.10. The quantitative estimate of drug-likeness (QED) is 0.596. The third-order valence-corrected chi connectivity index (χ3v) is 2.77. The van der Waals surface area contributed by atoms with Gasteiger partial charge in [-0.25, -0.2) is 0 Å². The van der Waals surface area contributed by atoms with Crippen molar-refractivity contribution >= 4 is 14.7 Å². The molecule has 11 heavy (non-hydrogen) atoms. The Kier molecular flexibility index (Phi) is 2.92. The van der Waals surface area contributed by atoms with Crippen LogP contribution in [0.3, 0.4) is 0 Å². The van der Waals surface area contributed by atoms with Gasteiger partial charge in [0.25, 0.3) is 0 Å². The average molecular weight is 164 g/mol. The monoisotopic (exact) mass is 164 g/mol. The van der Waals surface area contributed by atoms with Crippen molar-refractivity contribution in [1.82, 2.24) is 0 Å². The first kappa shape index (κ1) is 8.08. The Bertz CT molecular complexity index is 228. The molecule has 0 atom stereocenters. The summed E-state index contributed by atoms with van der Waals surface area (Å²) in [6.45, 7) is 3.73. The Morgan fingerprint density at radius 1 is 1.36 bits per heavy atom. The highest BCUT2D eigenvalue weighted by atomic mass is 28.2. The number of benzene rings is 1. The largest absolute Gasteiger partial charge is 0.497 e. The van der Waals surface area contributed by atoms with Crippen LogP contribution in [0.1, 0.15) is 0 Å². The average Bonchev–Trinajstić information content (AvgIpc) is 2.07. The molecule has 1 rings (SSSR count). The molecular weight excluding hydrogens is 152 g/mol. The van der Waals surface area contributed by atoms with E-state index in [-0.39, 0.29) is 9.52 Å². The molecule has 0 aliphatic carbocycles. The van der Waals surface area contributed by atoms with Gasteiger partial charge >= 0.3 is 0 Å². The first-order chi connectivity index (χ1) is 5.36. The van der Waals surface area contributed by atoms with E-state index in [2.05, 4.69) is 18.7 Å². The van der Waals surface area contributed by atoms with Crippen molar-refractivity contribution in [3.8, 4) is 5.75 Å². The molecular formula is C9H12OSi. The van der Waals surface area contributed by atoms with Crippen LogP contribution < -0.4 is 9.92 Å². The van der Waals surface area contributed by atoms with Gasteiger partial charge in [-0.3, -0.25) is 0 Å². The van der Waals surface area contributed by atoms with E-state index in [9.17, 15) is 0 Å². The molecule has 0 fully saturated rings. The van der Waals surface area contributed by atoms with E-state index in [1.165, 1.54) is 5.19 Å². The van der Waals surface area contributed by atoms with Crippen molar-refractivity contribution in [1.29, 1.82) is 0 Å². The van der Waals surface area contributed by atoms with Gasteiger partial charge in [0.05, 0.1) is 16.6 Å². The number of hydrogen-bond donors (Lipinski definition) is 0. The fraction of sp³-hybridized carbons (Fsp3) is 0.111. The lowest BCUT2D eigenvalue weighted by Gasteiger charge is -1.99. The van der Waals surface area contributed by atoms with Crippen molar-refractivity contribution in [3.63, 3.8) is 0 Å². The van der Waals surface area contributed by atoms with Crippen LogP contribution >= 0.6 is 0 Å². The van der Waals surface area contributed by atoms with E-state index in [4.69, 9.17) is 4.74 Å². The predicted octanol–water partition coefficient (Wildman–Crippen LogP) is 0.633. The van der Waals surface area contributed by atoms with Gasteiger partial charge in [-0.2, -0.15) is 0 Å². The summed E-state index contributed by atoms with van der Waals surface area (Å²) in [5.41, 5.74) is 2.03. The third-order valence-electron chi connectivity index (χ3n) is 1.54. The molecule has 0 aromatic heterocycles. The van der Waals surface area contributed by atoms with Crippen LogP contribution in [-0.4, -0.2) is 16.6 Å². The van der Waals surface area contributed by atoms with Gasteiger partial charge < -0.3 is 4.74 Å². The Labute approximate surface area is 69.5 Å². The maximum absolute atomic E-state index is 5.04. The molecule has 58 valence electrons. The molecule has 1 aromatic rings. The van der Waals surface area contributed by atoms with Crippen molar-refractivity contribution in [2.24, 2.45) is 0 Å². The number of hydrogen-bond acceptors (Lipinski definition) is 1. The van der Waals surface area contributed by atoms with Crippen LogP contribution in [0.2, 0.25) is 0 Å². The Morgan fingerprint density at radius 2 is 2.00 bits per heavy atom. The van der Waals surface area contributed by atoms with Crippen LogP contribution in [-0.2, 0) is 0 Å². The molecule has 0 radical (unpaired) electrons. The molecule has 1 aromatic carbocycles. The number of methoxy groups -OCH3 is 1. The zero-order valence-corrected chi connectivity index (χ0v) is 8.12. The summed E-state index contributed by atoms with van der Waals surface area (Å²) in [6.07, 6.45) is 0. The zero-order valence-electron chi connectivity index (χ0n) is 6.71. The van der Waals surface area contributed by atoms with Crippen LogP contribution in [0.15, 0.2) is 36.5 Å². The first-order valence-electron chi connectivity index (χ1n) is 3.60. The summed E-state index contributed by atoms with van der Waals surface area (Å²) < 4.78 is 5.04. The van der Waals surface area contributed by atoms with Crippen LogP contribution in [0.25, 0.3) is 0 Å². The lowest BCUT2D eigenvalue weighted by atomic mass is 10.3. The third kappa shape index (κ3) is 2.24. The highest BCUT2D eigenvalue weighted by Gasteiger charge is 1.90. The number of ether oxygens (including phenoxy) is 1. The fourth-order valence-electron chi connectivity index (χ4n) is 0.928. The second kappa shape index (κ2) is 3.98. The molecule has 0 aliphatic rings. The normalized spacial score (nSPS) is 10.3. The van der Waals surface area contributed by atoms with Gasteiger partial charge in [0.1, 0.15) is 5.75 Å². The molecule has 1 nitrogen and oxygen atoms in total. The lowest BCUT2D eigenvalue weighted by Crippen LogP contribution is -2.10. The SMILES string of the molecule is C=C[SiH2]c1ccc(OC)cc1. The first-order valence-corrected chi connectivity index (χ1v) is 5.13. The highest BCUT2D eigenvalue weighted by molar-refractivity contribution is 6.58. The summed E-state index contributed by atoms with van der Waals surface area (Å²) in [5.74, 6) is 0.923. The molecule has 2 heteroatoms. The maximum Gasteiger partial charge on any atom is 0.118 e. The molecule has 0 spiro atoms. The molecule has 0 saturated heterocycles. The van der Waals surface area contributed by atoms with Gasteiger partial charge in [-0.1, -0.05) is 17.3 Å². The van der Waals surface area contributed by atoms with E-state index in [0.717, 1.165) is 5.75 Å². The molecule has 0 heterocycles. The van der Waals surface area contributed by atoms with E-state index >= 15 is 0 Å². The van der Waals surface area contributed by atoms with Crippen molar-refractivity contribution in [2.75, 3.05) is 7.11 Å². The highest BCUT2D eigenvalue weighted by Crippen LogP contribution is 2.04. The van der Waals surface area contributed by atoms with E-state index in [1.807, 2.05) is 17.8 Å². The molecule has 0 bridgehead atoms. The topological polar surface area (TPSA) is 9.23 Å². The van der Waals surface area contributed by atoms with Gasteiger partial charge in [0.15, 0.2) is 0 Å². The summed E-state index contributed by atoms with van der Waals surface area (Å²) in [4.78, 5) is 0. The second-order valence-corrected chi connectivity index (χ2v) is 4.14. The van der Waals surface area contributed by atoms with Gasteiger partial charge in [0, 0.05) is 0 Å². The second-order valence-electron chi connectivity index (χ2n) is 2.34.